The van der Waals surface area contributed by atoms with Gasteiger partial charge in [0.1, 0.15) is 5.69 Å². The lowest BCUT2D eigenvalue weighted by Gasteiger charge is -2.24. The topological polar surface area (TPSA) is 61.0 Å². The van der Waals surface area contributed by atoms with Crippen molar-refractivity contribution in [3.05, 3.63) is 18.1 Å². The molecule has 18 heavy (non-hydrogen) atoms. The van der Waals surface area contributed by atoms with Crippen LogP contribution in [-0.2, 0) is 0 Å². The predicted octanol–water partition coefficient (Wildman–Crippen LogP) is 2.31. The molecule has 2 N–H and O–H groups in total. The normalized spacial score (nSPS) is 31.6. The molecule has 0 spiro atoms. The number of aromatic nitrogens is 2. The zero-order valence-corrected chi connectivity index (χ0v) is 10.9. The van der Waals surface area contributed by atoms with E-state index in [0.29, 0.717) is 5.88 Å². The van der Waals surface area contributed by atoms with Gasteiger partial charge in [-0.2, -0.15) is 0 Å². The van der Waals surface area contributed by atoms with Gasteiger partial charge in [-0.15, -0.1) is 0 Å². The molecule has 2 aliphatic rings. The van der Waals surface area contributed by atoms with Gasteiger partial charge in [0.2, 0.25) is 5.88 Å². The fourth-order valence-corrected chi connectivity index (χ4v) is 3.85. The Balaban J connectivity index is 1.69. The number of fused-ring (bicyclic) bond motifs is 2. The molecule has 4 heteroatoms. The minimum atomic E-state index is -0.0435. The highest BCUT2D eigenvalue weighted by atomic mass is 16.5. The molecule has 2 bridgehead atoms. The third-order valence-corrected chi connectivity index (χ3v) is 4.68. The van der Waals surface area contributed by atoms with Gasteiger partial charge in [0.05, 0.1) is 13.2 Å². The van der Waals surface area contributed by atoms with Crippen LogP contribution >= 0.6 is 0 Å². The van der Waals surface area contributed by atoms with E-state index in [1.807, 2.05) is 0 Å². The number of hydrogen-bond acceptors (Lipinski definition) is 4. The second-order valence-electron chi connectivity index (χ2n) is 5.73. The van der Waals surface area contributed by atoms with E-state index in [0.717, 1.165) is 29.9 Å². The molecule has 4 atom stereocenters. The Bertz CT molecular complexity index is 423. The summed E-state index contributed by atoms with van der Waals surface area (Å²) >= 11 is 0. The van der Waals surface area contributed by atoms with E-state index in [1.54, 1.807) is 19.5 Å². The largest absolute Gasteiger partial charge is 0.480 e. The van der Waals surface area contributed by atoms with E-state index in [2.05, 4.69) is 9.97 Å². The molecule has 1 heterocycles. The zero-order valence-electron chi connectivity index (χ0n) is 10.9. The summed E-state index contributed by atoms with van der Waals surface area (Å²) in [4.78, 5) is 8.52. The molecule has 4 nitrogen and oxygen atoms in total. The maximum atomic E-state index is 6.30. The number of methoxy groups -OCH3 is 1. The first kappa shape index (κ1) is 11.9. The summed E-state index contributed by atoms with van der Waals surface area (Å²) in [5, 5.41) is 0. The molecule has 2 saturated carbocycles. The molecular formula is C14H21N3O. The van der Waals surface area contributed by atoms with Gasteiger partial charge in [0.15, 0.2) is 0 Å². The third-order valence-electron chi connectivity index (χ3n) is 4.68. The Morgan fingerprint density at radius 2 is 2.17 bits per heavy atom. The Hall–Kier alpha value is -1.16. The summed E-state index contributed by atoms with van der Waals surface area (Å²) in [5.41, 5.74) is 7.11. The van der Waals surface area contributed by atoms with Crippen LogP contribution < -0.4 is 10.5 Å². The van der Waals surface area contributed by atoms with Crippen LogP contribution in [0, 0.1) is 17.8 Å². The fourth-order valence-electron chi connectivity index (χ4n) is 3.85. The first-order chi connectivity index (χ1) is 8.78. The molecule has 1 aromatic rings. The van der Waals surface area contributed by atoms with Crippen molar-refractivity contribution in [1.82, 2.24) is 9.97 Å². The Morgan fingerprint density at radius 1 is 1.33 bits per heavy atom. The summed E-state index contributed by atoms with van der Waals surface area (Å²) in [7, 11) is 1.62. The molecule has 2 aliphatic carbocycles. The van der Waals surface area contributed by atoms with Crippen LogP contribution in [0.5, 0.6) is 5.88 Å². The molecule has 0 aromatic carbocycles. The summed E-state index contributed by atoms with van der Waals surface area (Å²) in [5.74, 6) is 3.23. The van der Waals surface area contributed by atoms with Crippen LogP contribution in [0.15, 0.2) is 12.4 Å². The molecule has 98 valence electrons. The van der Waals surface area contributed by atoms with Crippen LogP contribution in [0.1, 0.15) is 43.8 Å². The minimum absolute atomic E-state index is 0.0435. The molecule has 0 aliphatic heterocycles. The molecule has 3 rings (SSSR count). The highest BCUT2D eigenvalue weighted by molar-refractivity contribution is 5.21. The number of rotatable bonds is 4. The monoisotopic (exact) mass is 247 g/mol. The number of nitrogens with zero attached hydrogens (tertiary/aromatic N) is 2. The summed E-state index contributed by atoms with van der Waals surface area (Å²) in [6.45, 7) is 0. The van der Waals surface area contributed by atoms with Crippen molar-refractivity contribution in [2.45, 2.75) is 38.1 Å². The van der Waals surface area contributed by atoms with Crippen molar-refractivity contribution in [3.8, 4) is 5.88 Å². The third kappa shape index (κ3) is 2.09. The van der Waals surface area contributed by atoms with E-state index < -0.39 is 0 Å². The van der Waals surface area contributed by atoms with Crippen LogP contribution in [0.2, 0.25) is 0 Å². The standard InChI is InChI=1S/C14H21N3O/c1-18-14-13(16-4-5-17-14)12(15)8-11-7-9-2-3-10(11)6-9/h4-5,9-12H,2-3,6-8,15H2,1H3. The highest BCUT2D eigenvalue weighted by Gasteiger charge is 2.40. The second-order valence-corrected chi connectivity index (χ2v) is 5.73. The molecule has 0 radical (unpaired) electrons. The Morgan fingerprint density at radius 3 is 2.83 bits per heavy atom. The highest BCUT2D eigenvalue weighted by Crippen LogP contribution is 2.50. The summed E-state index contributed by atoms with van der Waals surface area (Å²) in [6.07, 6.45) is 9.99. The summed E-state index contributed by atoms with van der Waals surface area (Å²) in [6, 6.07) is -0.0435. The maximum Gasteiger partial charge on any atom is 0.236 e. The van der Waals surface area contributed by atoms with Crippen molar-refractivity contribution < 1.29 is 4.74 Å². The van der Waals surface area contributed by atoms with Gasteiger partial charge in [0.25, 0.3) is 0 Å². The van der Waals surface area contributed by atoms with Gasteiger partial charge in [-0.05, 0) is 43.4 Å². The quantitative estimate of drug-likeness (QED) is 0.887. The van der Waals surface area contributed by atoms with Crippen LogP contribution in [0.4, 0.5) is 0 Å². The van der Waals surface area contributed by atoms with Gasteiger partial charge < -0.3 is 10.5 Å². The first-order valence-corrected chi connectivity index (χ1v) is 6.88. The molecule has 0 saturated heterocycles. The van der Waals surface area contributed by atoms with Gasteiger partial charge in [-0.3, -0.25) is 4.98 Å². The van der Waals surface area contributed by atoms with Crippen molar-refractivity contribution in [2.75, 3.05) is 7.11 Å². The van der Waals surface area contributed by atoms with Gasteiger partial charge in [-0.1, -0.05) is 6.42 Å². The second kappa shape index (κ2) is 4.84. The van der Waals surface area contributed by atoms with Crippen molar-refractivity contribution in [1.29, 1.82) is 0 Å². The average molecular weight is 247 g/mol. The molecule has 0 amide bonds. The maximum absolute atomic E-state index is 6.30. The SMILES string of the molecule is COc1nccnc1C(N)CC1CC2CCC1C2. The minimum Gasteiger partial charge on any atom is -0.480 e. The van der Waals surface area contributed by atoms with Gasteiger partial charge in [-0.25, -0.2) is 4.98 Å². The number of hydrogen-bond donors (Lipinski definition) is 1. The van der Waals surface area contributed by atoms with Crippen molar-refractivity contribution in [3.63, 3.8) is 0 Å². The van der Waals surface area contributed by atoms with Crippen molar-refractivity contribution in [2.24, 2.45) is 23.5 Å². The lowest BCUT2D eigenvalue weighted by atomic mass is 9.84. The molecule has 1 aromatic heterocycles. The molecular weight excluding hydrogens is 226 g/mol. The Kier molecular flexibility index (Phi) is 3.20. The average Bonchev–Trinajstić information content (AvgIpc) is 3.01. The van der Waals surface area contributed by atoms with Gasteiger partial charge >= 0.3 is 0 Å². The van der Waals surface area contributed by atoms with Crippen molar-refractivity contribution >= 4 is 0 Å². The zero-order chi connectivity index (χ0) is 12.5. The van der Waals surface area contributed by atoms with Crippen LogP contribution in [0.25, 0.3) is 0 Å². The van der Waals surface area contributed by atoms with E-state index in [1.165, 1.54) is 25.7 Å². The predicted molar refractivity (Wildman–Crippen MR) is 69.1 cm³/mol. The van der Waals surface area contributed by atoms with E-state index in [4.69, 9.17) is 10.5 Å². The van der Waals surface area contributed by atoms with E-state index >= 15 is 0 Å². The van der Waals surface area contributed by atoms with E-state index in [9.17, 15) is 0 Å². The lowest BCUT2D eigenvalue weighted by Crippen LogP contribution is -2.21. The van der Waals surface area contributed by atoms with Crippen LogP contribution in [-0.4, -0.2) is 17.1 Å². The van der Waals surface area contributed by atoms with Gasteiger partial charge in [0, 0.05) is 12.4 Å². The fraction of sp³-hybridized carbons (Fsp3) is 0.714. The Labute approximate surface area is 108 Å². The number of nitrogens with two attached hydrogens (primary N) is 1. The lowest BCUT2D eigenvalue weighted by molar-refractivity contribution is 0.290. The first-order valence-electron chi connectivity index (χ1n) is 6.88. The molecule has 4 unspecified atom stereocenters. The van der Waals surface area contributed by atoms with E-state index in [-0.39, 0.29) is 6.04 Å². The molecule has 2 fully saturated rings. The van der Waals surface area contributed by atoms with Crippen LogP contribution in [0.3, 0.4) is 0 Å². The smallest absolute Gasteiger partial charge is 0.236 e. The summed E-state index contributed by atoms with van der Waals surface area (Å²) < 4.78 is 5.24. The number of ether oxygens (including phenoxy) is 1.